The smallest absolute Gasteiger partial charge is 0.268 e. The van der Waals surface area contributed by atoms with Crippen LogP contribution in [0.15, 0.2) is 48.5 Å². The van der Waals surface area contributed by atoms with Gasteiger partial charge >= 0.3 is 0 Å². The van der Waals surface area contributed by atoms with E-state index in [1.165, 1.54) is 11.3 Å². The number of carbonyl (C=O) groups excluding carboxylic acids is 3. The molecule has 1 fully saturated rings. The number of rotatable bonds is 11. The lowest BCUT2D eigenvalue weighted by molar-refractivity contribution is -0.124. The summed E-state index contributed by atoms with van der Waals surface area (Å²) in [5.74, 6) is -0.693. The molecule has 0 bridgehead atoms. The molecule has 222 valence electrons. The topological polar surface area (TPSA) is 145 Å². The van der Waals surface area contributed by atoms with Gasteiger partial charge in [0, 0.05) is 16.8 Å². The van der Waals surface area contributed by atoms with Crippen LogP contribution in [-0.4, -0.2) is 64.6 Å². The third-order valence-corrected chi connectivity index (χ3v) is 8.70. The van der Waals surface area contributed by atoms with Crippen LogP contribution >= 0.6 is 11.3 Å². The second kappa shape index (κ2) is 13.0. The largest absolute Gasteiger partial charge is 0.496 e. The van der Waals surface area contributed by atoms with Crippen LogP contribution in [0.4, 0.5) is 0 Å². The number of aliphatic hydroxyl groups is 1. The van der Waals surface area contributed by atoms with Crippen LogP contribution in [0.2, 0.25) is 0 Å². The Bertz CT molecular complexity index is 1550. The van der Waals surface area contributed by atoms with E-state index in [1.54, 1.807) is 13.2 Å². The zero-order valence-electron chi connectivity index (χ0n) is 24.0. The number of hydrogen-bond donors (Lipinski definition) is 5. The maximum Gasteiger partial charge on any atom is 0.268 e. The minimum Gasteiger partial charge on any atom is -0.496 e. The molecule has 0 saturated carbocycles. The fraction of sp³-hybridized carbons (Fsp3) is 0.419. The molecule has 2 aromatic heterocycles. The highest BCUT2D eigenvalue weighted by atomic mass is 32.1. The number of para-hydroxylation sites is 1. The molecule has 4 atom stereocenters. The Kier molecular flexibility index (Phi) is 9.20. The van der Waals surface area contributed by atoms with Gasteiger partial charge in [0.25, 0.3) is 5.91 Å². The zero-order valence-corrected chi connectivity index (χ0v) is 24.8. The first kappa shape index (κ1) is 29.7. The highest BCUT2D eigenvalue weighted by Gasteiger charge is 2.34. The van der Waals surface area contributed by atoms with Crippen molar-refractivity contribution in [2.75, 3.05) is 13.7 Å². The van der Waals surface area contributed by atoms with Gasteiger partial charge in [-0.3, -0.25) is 19.7 Å². The molecular formula is C31H37N5O5S. The number of hydrogen-bond acceptors (Lipinski definition) is 8. The second-order valence-corrected chi connectivity index (χ2v) is 12.2. The number of ether oxygens (including phenoxy) is 1. The predicted molar refractivity (Wildman–Crippen MR) is 163 cm³/mol. The lowest BCUT2D eigenvalue weighted by atomic mass is 9.89. The van der Waals surface area contributed by atoms with Crippen LogP contribution in [0, 0.1) is 11.8 Å². The van der Waals surface area contributed by atoms with Crippen LogP contribution < -0.4 is 20.7 Å². The van der Waals surface area contributed by atoms with Gasteiger partial charge in [0.15, 0.2) is 5.01 Å². The molecule has 5 rings (SSSR count). The van der Waals surface area contributed by atoms with Crippen LogP contribution in [-0.2, 0) is 4.79 Å². The highest BCUT2D eigenvalue weighted by Crippen LogP contribution is 2.28. The number of amides is 2. The molecule has 0 radical (unpaired) electrons. The van der Waals surface area contributed by atoms with E-state index in [4.69, 9.17) is 4.74 Å². The first-order valence-corrected chi connectivity index (χ1v) is 15.1. The lowest BCUT2D eigenvalue weighted by Gasteiger charge is -2.32. The van der Waals surface area contributed by atoms with E-state index >= 15 is 0 Å². The van der Waals surface area contributed by atoms with Crippen molar-refractivity contribution in [1.29, 1.82) is 0 Å². The van der Waals surface area contributed by atoms with Crippen molar-refractivity contribution in [2.24, 2.45) is 11.8 Å². The maximum atomic E-state index is 13.8. The molecule has 11 heteroatoms. The molecule has 4 aromatic rings. The number of carbonyl (C=O) groups is 3. The number of benzene rings is 2. The van der Waals surface area contributed by atoms with Crippen molar-refractivity contribution in [3.8, 4) is 5.75 Å². The molecule has 0 aliphatic carbocycles. The summed E-state index contributed by atoms with van der Waals surface area (Å²) in [4.78, 5) is 48.5. The Labute approximate surface area is 248 Å². The number of nitrogens with one attached hydrogen (secondary N) is 4. The lowest BCUT2D eigenvalue weighted by Crippen LogP contribution is -2.53. The Balaban J connectivity index is 1.38. The SMILES string of the molecule is COc1cccc2[nH]c(C(=O)N[C@@H](CC(C)C)C(=O)N[C@@H](C[C@@H]3CCCNC3O)C(=O)c3nc4ccccc4s3)cc12. The maximum absolute atomic E-state index is 13.8. The Morgan fingerprint density at radius 3 is 2.67 bits per heavy atom. The molecule has 1 saturated heterocycles. The Morgan fingerprint density at radius 1 is 1.12 bits per heavy atom. The number of piperidine rings is 1. The van der Waals surface area contributed by atoms with Gasteiger partial charge in [0.2, 0.25) is 11.7 Å². The number of ketones is 1. The first-order valence-electron chi connectivity index (χ1n) is 14.3. The highest BCUT2D eigenvalue weighted by molar-refractivity contribution is 7.20. The number of methoxy groups -OCH3 is 1. The summed E-state index contributed by atoms with van der Waals surface area (Å²) in [5.41, 5.74) is 1.76. The Hall–Kier alpha value is -3.80. The molecule has 1 aliphatic rings. The summed E-state index contributed by atoms with van der Waals surface area (Å²) in [7, 11) is 1.57. The van der Waals surface area contributed by atoms with Crippen molar-refractivity contribution in [1.82, 2.24) is 25.9 Å². The van der Waals surface area contributed by atoms with Gasteiger partial charge in [0.05, 0.1) is 23.4 Å². The summed E-state index contributed by atoms with van der Waals surface area (Å²) in [5, 5.41) is 20.5. The fourth-order valence-electron chi connectivity index (χ4n) is 5.49. The summed E-state index contributed by atoms with van der Waals surface area (Å²) in [6, 6.07) is 12.9. The average Bonchev–Trinajstić information content (AvgIpc) is 3.61. The molecular weight excluding hydrogens is 554 g/mol. The van der Waals surface area contributed by atoms with Crippen LogP contribution in [0.5, 0.6) is 5.75 Å². The standard InChI is InChI=1S/C31H37N5O5S/c1-17(2)14-23(35-30(40)24-16-19-20(33-24)10-6-11-25(19)41-3)29(39)34-22(15-18-8-7-13-32-28(18)38)27(37)31-36-21-9-4-5-12-26(21)42-31/h4-6,9-12,16-18,22-23,28,32-33,38H,7-8,13-15H2,1-3H3,(H,34,39)(H,35,40)/t18-,22-,23-,28?/m0/s1. The number of thiazole rings is 1. The fourth-order valence-corrected chi connectivity index (χ4v) is 6.45. The van der Waals surface area contributed by atoms with Crippen LogP contribution in [0.25, 0.3) is 21.1 Å². The minimum absolute atomic E-state index is 0.0895. The summed E-state index contributed by atoms with van der Waals surface area (Å²) in [6.07, 6.45) is 1.43. The van der Waals surface area contributed by atoms with Gasteiger partial charge in [0.1, 0.15) is 23.7 Å². The number of fused-ring (bicyclic) bond motifs is 2. The molecule has 3 heterocycles. The van der Waals surface area contributed by atoms with E-state index in [2.05, 4.69) is 25.9 Å². The van der Waals surface area contributed by atoms with Gasteiger partial charge in [-0.25, -0.2) is 4.98 Å². The van der Waals surface area contributed by atoms with E-state index in [-0.39, 0.29) is 24.0 Å². The quantitative estimate of drug-likeness (QED) is 0.166. The van der Waals surface area contributed by atoms with Gasteiger partial charge < -0.3 is 25.5 Å². The predicted octanol–water partition coefficient (Wildman–Crippen LogP) is 4.01. The van der Waals surface area contributed by atoms with Crippen LogP contribution in [0.3, 0.4) is 0 Å². The molecule has 1 aliphatic heterocycles. The minimum atomic E-state index is -0.915. The number of H-pyrrole nitrogens is 1. The van der Waals surface area contributed by atoms with Crippen molar-refractivity contribution >= 4 is 50.1 Å². The van der Waals surface area contributed by atoms with E-state index in [0.717, 1.165) is 34.0 Å². The molecule has 5 N–H and O–H groups in total. The molecule has 0 spiro atoms. The summed E-state index contributed by atoms with van der Waals surface area (Å²) >= 11 is 1.28. The zero-order chi connectivity index (χ0) is 29.8. The normalized spacial score (nSPS) is 18.6. The van der Waals surface area contributed by atoms with E-state index < -0.39 is 30.1 Å². The number of nitrogens with zero attached hydrogens (tertiary/aromatic N) is 1. The third kappa shape index (κ3) is 6.64. The molecule has 10 nitrogen and oxygen atoms in total. The van der Waals surface area contributed by atoms with Crippen molar-refractivity contribution in [3.63, 3.8) is 0 Å². The monoisotopic (exact) mass is 591 g/mol. The van der Waals surface area contributed by atoms with E-state index in [0.29, 0.717) is 29.4 Å². The second-order valence-electron chi connectivity index (χ2n) is 11.2. The van der Waals surface area contributed by atoms with Crippen LogP contribution in [0.1, 0.15) is 59.8 Å². The van der Waals surface area contributed by atoms with Crippen molar-refractivity contribution < 1.29 is 24.2 Å². The number of aliphatic hydroxyl groups excluding tert-OH is 1. The molecule has 42 heavy (non-hydrogen) atoms. The van der Waals surface area contributed by atoms with Gasteiger partial charge in [-0.15, -0.1) is 11.3 Å². The van der Waals surface area contributed by atoms with Gasteiger partial charge in [-0.05, 0) is 68.5 Å². The number of Topliss-reactive ketones (excluding diaryl/α,β-unsaturated/α-hetero) is 1. The van der Waals surface area contributed by atoms with Gasteiger partial charge in [-0.2, -0.15) is 0 Å². The van der Waals surface area contributed by atoms with Crippen molar-refractivity contribution in [2.45, 2.75) is 57.8 Å². The Morgan fingerprint density at radius 2 is 1.93 bits per heavy atom. The molecule has 2 aromatic carbocycles. The van der Waals surface area contributed by atoms with E-state index in [1.807, 2.05) is 56.3 Å². The average molecular weight is 592 g/mol. The summed E-state index contributed by atoms with van der Waals surface area (Å²) in [6.45, 7) is 4.63. The summed E-state index contributed by atoms with van der Waals surface area (Å²) < 4.78 is 6.29. The van der Waals surface area contributed by atoms with E-state index in [9.17, 15) is 19.5 Å². The van der Waals surface area contributed by atoms with Crippen molar-refractivity contribution in [3.05, 3.63) is 59.2 Å². The van der Waals surface area contributed by atoms with Gasteiger partial charge in [-0.1, -0.05) is 32.0 Å². The molecule has 1 unspecified atom stereocenters. The first-order chi connectivity index (χ1) is 20.2. The number of aromatic amines is 1. The number of aromatic nitrogens is 2. The third-order valence-electron chi connectivity index (χ3n) is 7.65. The molecule has 2 amide bonds.